The first-order valence-corrected chi connectivity index (χ1v) is 8.61. The first-order chi connectivity index (χ1) is 12.2. The second kappa shape index (κ2) is 8.04. The van der Waals surface area contributed by atoms with Crippen LogP contribution in [0, 0.1) is 0 Å². The summed E-state index contributed by atoms with van der Waals surface area (Å²) in [7, 11) is 1.56. The van der Waals surface area contributed by atoms with Gasteiger partial charge in [0, 0.05) is 18.3 Å². The number of nitrogens with one attached hydrogen (secondary N) is 2. The summed E-state index contributed by atoms with van der Waals surface area (Å²) in [5.41, 5.74) is 2.30. The predicted molar refractivity (Wildman–Crippen MR) is 104 cm³/mol. The van der Waals surface area contributed by atoms with Crippen LogP contribution in [-0.4, -0.2) is 25.0 Å². The molecule has 26 heavy (non-hydrogen) atoms. The molecular weight excluding hydrogens is 328 g/mol. The van der Waals surface area contributed by atoms with Crippen molar-refractivity contribution in [2.75, 3.05) is 12.4 Å². The Balaban J connectivity index is 2.00. The van der Waals surface area contributed by atoms with E-state index in [1.807, 2.05) is 24.3 Å². The minimum atomic E-state index is -0.667. The zero-order valence-electron chi connectivity index (χ0n) is 15.9. The highest BCUT2D eigenvalue weighted by Crippen LogP contribution is 2.24. The van der Waals surface area contributed by atoms with Crippen LogP contribution in [0.25, 0.3) is 0 Å². The van der Waals surface area contributed by atoms with E-state index in [0.29, 0.717) is 17.0 Å². The van der Waals surface area contributed by atoms with Crippen LogP contribution in [0.5, 0.6) is 5.75 Å². The number of hydrogen-bond acceptors (Lipinski definition) is 3. The molecule has 1 unspecified atom stereocenters. The summed E-state index contributed by atoms with van der Waals surface area (Å²) in [6.07, 6.45) is -0.667. The van der Waals surface area contributed by atoms with Crippen LogP contribution >= 0.6 is 0 Å². The second-order valence-electron chi connectivity index (χ2n) is 7.18. The standard InChI is InChI=1S/C21H26N2O3/c1-14(26-18-11-9-16(10-12-18)21(2,3)4)19(24)23-17-8-6-7-15(13-17)20(25)22-5/h6-14H,1-5H3,(H,22,25)(H,23,24). The molecule has 5 heteroatoms. The number of rotatable bonds is 5. The van der Waals surface area contributed by atoms with Crippen LogP contribution in [0.2, 0.25) is 0 Å². The number of amides is 2. The normalized spacial score (nSPS) is 12.2. The van der Waals surface area contributed by atoms with Gasteiger partial charge in [0.15, 0.2) is 6.10 Å². The van der Waals surface area contributed by atoms with Crippen LogP contribution in [0.1, 0.15) is 43.6 Å². The number of benzene rings is 2. The van der Waals surface area contributed by atoms with Gasteiger partial charge < -0.3 is 15.4 Å². The van der Waals surface area contributed by atoms with Crippen LogP contribution in [0.4, 0.5) is 5.69 Å². The van der Waals surface area contributed by atoms with E-state index in [1.54, 1.807) is 38.2 Å². The maximum atomic E-state index is 12.4. The zero-order valence-corrected chi connectivity index (χ0v) is 15.9. The molecule has 0 heterocycles. The summed E-state index contributed by atoms with van der Waals surface area (Å²) < 4.78 is 5.72. The summed E-state index contributed by atoms with van der Waals surface area (Å²) in [5.74, 6) is 0.156. The van der Waals surface area contributed by atoms with Crippen molar-refractivity contribution in [2.24, 2.45) is 0 Å². The lowest BCUT2D eigenvalue weighted by molar-refractivity contribution is -0.122. The molecule has 2 rings (SSSR count). The smallest absolute Gasteiger partial charge is 0.265 e. The Morgan fingerprint density at radius 1 is 1.04 bits per heavy atom. The number of carbonyl (C=O) groups is 2. The highest BCUT2D eigenvalue weighted by Gasteiger charge is 2.17. The largest absolute Gasteiger partial charge is 0.481 e. The maximum absolute atomic E-state index is 12.4. The molecule has 0 bridgehead atoms. The Morgan fingerprint density at radius 2 is 1.69 bits per heavy atom. The highest BCUT2D eigenvalue weighted by atomic mass is 16.5. The summed E-state index contributed by atoms with van der Waals surface area (Å²) >= 11 is 0. The lowest BCUT2D eigenvalue weighted by Crippen LogP contribution is -2.30. The molecule has 0 aliphatic heterocycles. The third-order valence-corrected chi connectivity index (χ3v) is 4.02. The van der Waals surface area contributed by atoms with Crippen molar-refractivity contribution >= 4 is 17.5 Å². The lowest BCUT2D eigenvalue weighted by Gasteiger charge is -2.20. The first-order valence-electron chi connectivity index (χ1n) is 8.61. The minimum Gasteiger partial charge on any atom is -0.481 e. The molecule has 2 amide bonds. The molecule has 2 aromatic carbocycles. The van der Waals surface area contributed by atoms with Gasteiger partial charge in [0.1, 0.15) is 5.75 Å². The van der Waals surface area contributed by atoms with Gasteiger partial charge in [0.2, 0.25) is 0 Å². The Bertz CT molecular complexity index is 777. The molecule has 0 spiro atoms. The maximum Gasteiger partial charge on any atom is 0.265 e. The summed E-state index contributed by atoms with van der Waals surface area (Å²) in [4.78, 5) is 24.0. The van der Waals surface area contributed by atoms with Gasteiger partial charge in [-0.25, -0.2) is 0 Å². The third-order valence-electron chi connectivity index (χ3n) is 4.02. The molecule has 0 fully saturated rings. The van der Waals surface area contributed by atoms with Gasteiger partial charge in [-0.15, -0.1) is 0 Å². The predicted octanol–water partition coefficient (Wildman–Crippen LogP) is 3.75. The molecule has 0 aromatic heterocycles. The number of ether oxygens (including phenoxy) is 1. The molecule has 5 nitrogen and oxygen atoms in total. The number of carbonyl (C=O) groups excluding carboxylic acids is 2. The van der Waals surface area contributed by atoms with Gasteiger partial charge in [0.25, 0.3) is 11.8 Å². The second-order valence-corrected chi connectivity index (χ2v) is 7.18. The van der Waals surface area contributed by atoms with Gasteiger partial charge in [-0.05, 0) is 48.2 Å². The zero-order chi connectivity index (χ0) is 19.3. The van der Waals surface area contributed by atoms with Gasteiger partial charge in [0.05, 0.1) is 0 Å². The molecule has 2 N–H and O–H groups in total. The van der Waals surface area contributed by atoms with E-state index >= 15 is 0 Å². The fourth-order valence-corrected chi connectivity index (χ4v) is 2.42. The third kappa shape index (κ3) is 5.09. The van der Waals surface area contributed by atoms with Crippen molar-refractivity contribution in [2.45, 2.75) is 39.2 Å². The Labute approximate surface area is 154 Å². The molecule has 1 atom stereocenters. The van der Waals surface area contributed by atoms with Crippen molar-refractivity contribution in [1.82, 2.24) is 5.32 Å². The molecule has 0 aliphatic rings. The summed E-state index contributed by atoms with van der Waals surface area (Å²) in [6.45, 7) is 8.12. The van der Waals surface area contributed by atoms with Crippen molar-refractivity contribution in [1.29, 1.82) is 0 Å². The Morgan fingerprint density at radius 3 is 2.27 bits per heavy atom. The summed E-state index contributed by atoms with van der Waals surface area (Å²) in [6, 6.07) is 14.5. The van der Waals surface area contributed by atoms with Crippen molar-refractivity contribution in [3.05, 3.63) is 59.7 Å². The Kier molecular flexibility index (Phi) is 6.03. The average molecular weight is 354 g/mol. The molecule has 138 valence electrons. The molecular formula is C21H26N2O3. The van der Waals surface area contributed by atoms with Crippen LogP contribution in [-0.2, 0) is 10.2 Å². The van der Waals surface area contributed by atoms with Crippen molar-refractivity contribution in [3.63, 3.8) is 0 Å². The Hall–Kier alpha value is -2.82. The van der Waals surface area contributed by atoms with E-state index in [1.165, 1.54) is 5.56 Å². The van der Waals surface area contributed by atoms with Gasteiger partial charge in [-0.3, -0.25) is 9.59 Å². The van der Waals surface area contributed by atoms with Crippen molar-refractivity contribution < 1.29 is 14.3 Å². The van der Waals surface area contributed by atoms with Gasteiger partial charge in [-0.1, -0.05) is 39.0 Å². The van der Waals surface area contributed by atoms with E-state index < -0.39 is 6.10 Å². The number of anilines is 1. The average Bonchev–Trinajstić information content (AvgIpc) is 2.60. The quantitative estimate of drug-likeness (QED) is 0.859. The fraction of sp³-hybridized carbons (Fsp3) is 0.333. The summed E-state index contributed by atoms with van der Waals surface area (Å²) in [5, 5.41) is 5.33. The van der Waals surface area contributed by atoms with Crippen LogP contribution in [0.15, 0.2) is 48.5 Å². The molecule has 0 saturated heterocycles. The topological polar surface area (TPSA) is 67.4 Å². The van der Waals surface area contributed by atoms with E-state index in [4.69, 9.17) is 4.74 Å². The molecule has 0 saturated carbocycles. The fourth-order valence-electron chi connectivity index (χ4n) is 2.42. The van der Waals surface area contributed by atoms with E-state index in [2.05, 4.69) is 31.4 Å². The monoisotopic (exact) mass is 354 g/mol. The van der Waals surface area contributed by atoms with Gasteiger partial charge >= 0.3 is 0 Å². The number of hydrogen-bond donors (Lipinski definition) is 2. The highest BCUT2D eigenvalue weighted by molar-refractivity contribution is 5.98. The van der Waals surface area contributed by atoms with Crippen LogP contribution in [0.3, 0.4) is 0 Å². The SMILES string of the molecule is CNC(=O)c1cccc(NC(=O)C(C)Oc2ccc(C(C)(C)C)cc2)c1. The van der Waals surface area contributed by atoms with E-state index in [-0.39, 0.29) is 17.2 Å². The first kappa shape index (κ1) is 19.5. The molecule has 0 aliphatic carbocycles. The minimum absolute atomic E-state index is 0.0668. The van der Waals surface area contributed by atoms with Crippen molar-refractivity contribution in [3.8, 4) is 5.75 Å². The molecule has 2 aromatic rings. The molecule has 0 radical (unpaired) electrons. The van der Waals surface area contributed by atoms with Crippen LogP contribution < -0.4 is 15.4 Å². The van der Waals surface area contributed by atoms with E-state index in [9.17, 15) is 9.59 Å². The lowest BCUT2D eigenvalue weighted by atomic mass is 9.87. The van der Waals surface area contributed by atoms with Gasteiger partial charge in [-0.2, -0.15) is 0 Å². The van der Waals surface area contributed by atoms with E-state index in [0.717, 1.165) is 0 Å².